The van der Waals surface area contributed by atoms with Gasteiger partial charge in [0.05, 0.1) is 5.41 Å². The van der Waals surface area contributed by atoms with Gasteiger partial charge in [0.2, 0.25) is 17.7 Å². The molecule has 1 atom stereocenters. The molecule has 8 heteroatoms. The van der Waals surface area contributed by atoms with E-state index in [1.807, 2.05) is 23.9 Å². The Labute approximate surface area is 201 Å². The van der Waals surface area contributed by atoms with Gasteiger partial charge in [-0.25, -0.2) is 4.39 Å². The number of nitrogens with zero attached hydrogens (tertiary/aromatic N) is 4. The molecule has 3 fully saturated rings. The van der Waals surface area contributed by atoms with E-state index in [-0.39, 0.29) is 36.8 Å². The van der Waals surface area contributed by atoms with Crippen molar-refractivity contribution in [1.29, 1.82) is 0 Å². The number of rotatable bonds is 7. The number of hydrogen-bond acceptors (Lipinski definition) is 5. The van der Waals surface area contributed by atoms with Gasteiger partial charge in [0, 0.05) is 50.6 Å². The molecule has 4 rings (SSSR count). The number of likely N-dealkylation sites (N-methyl/N-ethyl adjacent to an activating group) is 1. The van der Waals surface area contributed by atoms with Crippen molar-refractivity contribution in [2.45, 2.75) is 56.4 Å². The maximum Gasteiger partial charge on any atom is 0.241 e. The van der Waals surface area contributed by atoms with Crippen LogP contribution in [0.3, 0.4) is 0 Å². The minimum Gasteiger partial charge on any atom is -0.343 e. The minimum atomic E-state index is -1.48. The minimum absolute atomic E-state index is 0.150. The van der Waals surface area contributed by atoms with Crippen molar-refractivity contribution in [3.63, 3.8) is 0 Å². The fourth-order valence-electron chi connectivity index (χ4n) is 5.75. The average molecular weight is 473 g/mol. The number of likely N-dealkylation sites (tertiary alicyclic amines) is 3. The molecule has 0 N–H and O–H groups in total. The van der Waals surface area contributed by atoms with Crippen molar-refractivity contribution in [3.05, 3.63) is 35.6 Å². The van der Waals surface area contributed by atoms with Crippen LogP contribution < -0.4 is 0 Å². The van der Waals surface area contributed by atoms with Crippen LogP contribution in [-0.2, 0) is 19.8 Å². The molecule has 34 heavy (non-hydrogen) atoms. The number of carbonyl (C=O) groups excluding carboxylic acids is 3. The first kappa shape index (κ1) is 24.8. The van der Waals surface area contributed by atoms with Gasteiger partial charge < -0.3 is 14.7 Å². The maximum absolute atomic E-state index is 15.0. The maximum atomic E-state index is 15.0. The highest BCUT2D eigenvalue weighted by atomic mass is 19.1. The Morgan fingerprint density at radius 3 is 2.38 bits per heavy atom. The summed E-state index contributed by atoms with van der Waals surface area (Å²) >= 11 is 0. The number of hydrogen-bond donors (Lipinski definition) is 0. The van der Waals surface area contributed by atoms with Crippen LogP contribution in [0.25, 0.3) is 0 Å². The van der Waals surface area contributed by atoms with E-state index in [2.05, 4.69) is 4.90 Å². The van der Waals surface area contributed by atoms with E-state index in [1.165, 1.54) is 30.2 Å². The molecule has 3 saturated heterocycles. The summed E-state index contributed by atoms with van der Waals surface area (Å²) in [5.41, 5.74) is -1.33. The quantitative estimate of drug-likeness (QED) is 0.570. The Bertz CT molecular complexity index is 909. The number of imide groups is 1. The zero-order valence-electron chi connectivity index (χ0n) is 20.5. The third-order valence-electron chi connectivity index (χ3n) is 7.75. The first-order valence-electron chi connectivity index (χ1n) is 12.6. The second kappa shape index (κ2) is 10.5. The summed E-state index contributed by atoms with van der Waals surface area (Å²) in [4.78, 5) is 47.4. The summed E-state index contributed by atoms with van der Waals surface area (Å²) < 4.78 is 15.0. The summed E-state index contributed by atoms with van der Waals surface area (Å²) in [7, 11) is 3.73. The van der Waals surface area contributed by atoms with Gasteiger partial charge in [-0.15, -0.1) is 0 Å². The Morgan fingerprint density at radius 1 is 1.06 bits per heavy atom. The van der Waals surface area contributed by atoms with E-state index in [0.717, 1.165) is 25.9 Å². The molecule has 3 aliphatic rings. The first-order chi connectivity index (χ1) is 16.3. The lowest BCUT2D eigenvalue weighted by Crippen LogP contribution is -2.50. The van der Waals surface area contributed by atoms with Gasteiger partial charge in [-0.3, -0.25) is 19.3 Å². The molecule has 0 bridgehead atoms. The van der Waals surface area contributed by atoms with Crippen LogP contribution in [0.1, 0.15) is 50.5 Å². The Hall–Kier alpha value is -2.32. The predicted octanol–water partition coefficient (Wildman–Crippen LogP) is 2.25. The van der Waals surface area contributed by atoms with Gasteiger partial charge in [0.1, 0.15) is 5.82 Å². The van der Waals surface area contributed by atoms with Crippen molar-refractivity contribution < 1.29 is 18.8 Å². The molecule has 3 amide bonds. The van der Waals surface area contributed by atoms with Crippen molar-refractivity contribution in [2.75, 3.05) is 53.4 Å². The molecule has 0 radical (unpaired) electrons. The Balaban J connectivity index is 1.51. The third-order valence-corrected chi connectivity index (χ3v) is 7.75. The van der Waals surface area contributed by atoms with E-state index in [1.54, 1.807) is 18.2 Å². The van der Waals surface area contributed by atoms with Gasteiger partial charge in [-0.1, -0.05) is 24.6 Å². The number of halogens is 1. The van der Waals surface area contributed by atoms with Gasteiger partial charge in [0.25, 0.3) is 0 Å². The first-order valence-corrected chi connectivity index (χ1v) is 12.6. The molecular weight excluding hydrogens is 435 g/mol. The summed E-state index contributed by atoms with van der Waals surface area (Å²) in [6.45, 7) is 4.29. The van der Waals surface area contributed by atoms with Crippen LogP contribution in [0, 0.1) is 5.82 Å². The summed E-state index contributed by atoms with van der Waals surface area (Å²) in [5.74, 6) is -1.52. The molecule has 3 heterocycles. The Morgan fingerprint density at radius 2 is 1.74 bits per heavy atom. The highest BCUT2D eigenvalue weighted by molar-refractivity contribution is 6.10. The molecular formula is C26H37FN4O3. The number of amides is 3. The van der Waals surface area contributed by atoms with Crippen LogP contribution >= 0.6 is 0 Å². The second-order valence-electron chi connectivity index (χ2n) is 10.3. The lowest BCUT2D eigenvalue weighted by molar-refractivity contribution is -0.143. The molecule has 0 spiro atoms. The van der Waals surface area contributed by atoms with Crippen LogP contribution in [0.2, 0.25) is 0 Å². The fraction of sp³-hybridized carbons (Fsp3) is 0.654. The fourth-order valence-corrected chi connectivity index (χ4v) is 5.75. The smallest absolute Gasteiger partial charge is 0.241 e. The molecule has 186 valence electrons. The summed E-state index contributed by atoms with van der Waals surface area (Å²) in [6.07, 6.45) is 5.27. The van der Waals surface area contributed by atoms with E-state index >= 15 is 0 Å². The lowest BCUT2D eigenvalue weighted by atomic mass is 9.75. The molecule has 3 aliphatic heterocycles. The van der Waals surface area contributed by atoms with Gasteiger partial charge in [0.15, 0.2) is 0 Å². The zero-order chi connectivity index (χ0) is 24.3. The van der Waals surface area contributed by atoms with Crippen LogP contribution in [0.15, 0.2) is 24.3 Å². The van der Waals surface area contributed by atoms with E-state index < -0.39 is 17.1 Å². The number of carbonyl (C=O) groups is 3. The van der Waals surface area contributed by atoms with Crippen LogP contribution in [0.4, 0.5) is 4.39 Å². The standard InChI is InChI=1S/C26H37FN4O3/c1-28(2)16-17-31-24(33)19-26(25(31)34,21-8-4-5-9-22(21)27)18-23(32)30-14-10-20(11-15-30)29-12-6-3-7-13-29/h4-5,8-9,20H,3,6-7,10-19H2,1-2H3. The van der Waals surface area contributed by atoms with Crippen LogP contribution in [-0.4, -0.2) is 96.7 Å². The monoisotopic (exact) mass is 472 g/mol. The molecule has 7 nitrogen and oxygen atoms in total. The van der Waals surface area contributed by atoms with Crippen LogP contribution in [0.5, 0.6) is 0 Å². The van der Waals surface area contributed by atoms with Crippen molar-refractivity contribution in [3.8, 4) is 0 Å². The lowest BCUT2D eigenvalue weighted by Gasteiger charge is -2.41. The van der Waals surface area contributed by atoms with Crippen molar-refractivity contribution >= 4 is 17.7 Å². The molecule has 0 saturated carbocycles. The van der Waals surface area contributed by atoms with Gasteiger partial charge in [-0.05, 0) is 58.9 Å². The average Bonchev–Trinajstić information content (AvgIpc) is 3.07. The van der Waals surface area contributed by atoms with Gasteiger partial charge in [-0.2, -0.15) is 0 Å². The van der Waals surface area contributed by atoms with Crippen molar-refractivity contribution in [2.24, 2.45) is 0 Å². The van der Waals surface area contributed by atoms with Crippen molar-refractivity contribution in [1.82, 2.24) is 19.6 Å². The molecule has 1 unspecified atom stereocenters. The molecule has 0 aliphatic carbocycles. The predicted molar refractivity (Wildman–Crippen MR) is 128 cm³/mol. The van der Waals surface area contributed by atoms with E-state index in [4.69, 9.17) is 0 Å². The molecule has 1 aromatic rings. The van der Waals surface area contributed by atoms with E-state index in [0.29, 0.717) is 25.7 Å². The zero-order valence-corrected chi connectivity index (χ0v) is 20.5. The largest absolute Gasteiger partial charge is 0.343 e. The second-order valence-corrected chi connectivity index (χ2v) is 10.3. The third kappa shape index (κ3) is 5.03. The number of piperidine rings is 2. The van der Waals surface area contributed by atoms with E-state index in [9.17, 15) is 18.8 Å². The highest BCUT2D eigenvalue weighted by Gasteiger charge is 2.55. The Kier molecular flexibility index (Phi) is 7.67. The summed E-state index contributed by atoms with van der Waals surface area (Å²) in [6, 6.07) is 6.57. The highest BCUT2D eigenvalue weighted by Crippen LogP contribution is 2.41. The topological polar surface area (TPSA) is 64.2 Å². The molecule has 1 aromatic carbocycles. The number of benzene rings is 1. The normalized spacial score (nSPS) is 24.9. The SMILES string of the molecule is CN(C)CCN1C(=O)CC(CC(=O)N2CCC(N3CCCCC3)CC2)(c2ccccc2F)C1=O. The molecule has 0 aromatic heterocycles. The van der Waals surface area contributed by atoms with Gasteiger partial charge >= 0.3 is 0 Å². The summed E-state index contributed by atoms with van der Waals surface area (Å²) in [5, 5.41) is 0.